The molecule has 0 fully saturated rings. The quantitative estimate of drug-likeness (QED) is 0.874. The van der Waals surface area contributed by atoms with Gasteiger partial charge in [-0.3, -0.25) is 4.79 Å². The molecule has 0 bridgehead atoms. The molecular formula is C21H21N3O2. The monoisotopic (exact) mass is 347 g/mol. The van der Waals surface area contributed by atoms with Crippen LogP contribution in [0.2, 0.25) is 0 Å². The first-order valence-corrected chi connectivity index (χ1v) is 8.91. The Morgan fingerprint density at radius 1 is 0.962 bits per heavy atom. The van der Waals surface area contributed by atoms with E-state index in [-0.39, 0.29) is 18.0 Å². The van der Waals surface area contributed by atoms with Crippen LogP contribution in [-0.2, 0) is 11.2 Å². The highest BCUT2D eigenvalue weighted by Gasteiger charge is 2.39. The highest BCUT2D eigenvalue weighted by molar-refractivity contribution is 6.01. The maximum Gasteiger partial charge on any atom is 0.319 e. The van der Waals surface area contributed by atoms with Gasteiger partial charge in [0, 0.05) is 6.54 Å². The number of rotatable bonds is 5. The van der Waals surface area contributed by atoms with Crippen LogP contribution in [0.4, 0.5) is 4.79 Å². The number of benzene rings is 2. The highest BCUT2D eigenvalue weighted by Crippen LogP contribution is 2.32. The van der Waals surface area contributed by atoms with E-state index in [4.69, 9.17) is 0 Å². The minimum Gasteiger partial charge on any atom is -0.333 e. The second-order valence-corrected chi connectivity index (χ2v) is 6.65. The van der Waals surface area contributed by atoms with Crippen molar-refractivity contribution in [3.05, 3.63) is 83.1 Å². The summed E-state index contributed by atoms with van der Waals surface area (Å²) in [4.78, 5) is 26.8. The van der Waals surface area contributed by atoms with Crippen LogP contribution in [0.5, 0.6) is 0 Å². The molecule has 0 unspecified atom stereocenters. The third kappa shape index (κ3) is 3.20. The molecule has 0 spiro atoms. The van der Waals surface area contributed by atoms with Crippen molar-refractivity contribution in [2.24, 2.45) is 0 Å². The van der Waals surface area contributed by atoms with Crippen LogP contribution in [0, 0.1) is 0 Å². The highest BCUT2D eigenvalue weighted by atomic mass is 16.2. The zero-order valence-electron chi connectivity index (χ0n) is 14.4. The third-order valence-corrected chi connectivity index (χ3v) is 4.89. The first kappa shape index (κ1) is 16.4. The lowest BCUT2D eigenvalue weighted by atomic mass is 9.96. The lowest BCUT2D eigenvalue weighted by Gasteiger charge is -2.25. The minimum atomic E-state index is -0.383. The van der Waals surface area contributed by atoms with E-state index in [1.807, 2.05) is 53.4 Å². The Balaban J connectivity index is 1.46. The van der Waals surface area contributed by atoms with E-state index in [1.54, 1.807) is 0 Å². The minimum absolute atomic E-state index is 0.00872. The van der Waals surface area contributed by atoms with Crippen LogP contribution < -0.4 is 10.6 Å². The van der Waals surface area contributed by atoms with Crippen molar-refractivity contribution in [3.8, 4) is 0 Å². The Morgan fingerprint density at radius 2 is 1.65 bits per heavy atom. The van der Waals surface area contributed by atoms with Crippen molar-refractivity contribution >= 4 is 11.9 Å². The number of urea groups is 1. The van der Waals surface area contributed by atoms with Crippen molar-refractivity contribution in [2.75, 3.05) is 13.1 Å². The molecule has 3 amide bonds. The Bertz CT molecular complexity index is 846. The predicted molar refractivity (Wildman–Crippen MR) is 99.2 cm³/mol. The van der Waals surface area contributed by atoms with E-state index in [2.05, 4.69) is 22.8 Å². The van der Waals surface area contributed by atoms with Crippen molar-refractivity contribution in [1.82, 2.24) is 15.5 Å². The summed E-state index contributed by atoms with van der Waals surface area (Å²) in [5.41, 5.74) is 3.59. The lowest BCUT2D eigenvalue weighted by molar-refractivity contribution is -0.125. The van der Waals surface area contributed by atoms with Gasteiger partial charge < -0.3 is 15.5 Å². The average Bonchev–Trinajstić information content (AvgIpc) is 2.98. The van der Waals surface area contributed by atoms with Crippen LogP contribution in [0.3, 0.4) is 0 Å². The van der Waals surface area contributed by atoms with Gasteiger partial charge in [-0.2, -0.15) is 0 Å². The third-order valence-electron chi connectivity index (χ3n) is 4.89. The van der Waals surface area contributed by atoms with Crippen LogP contribution >= 0.6 is 0 Å². The van der Waals surface area contributed by atoms with E-state index in [0.29, 0.717) is 18.7 Å². The number of aryl methyl sites for hydroxylation is 1. The molecular weight excluding hydrogens is 326 g/mol. The number of carbonyl (C=O) groups is 2. The van der Waals surface area contributed by atoms with Crippen molar-refractivity contribution in [3.63, 3.8) is 0 Å². The first-order chi connectivity index (χ1) is 12.7. The smallest absolute Gasteiger partial charge is 0.319 e. The van der Waals surface area contributed by atoms with Gasteiger partial charge in [-0.05, 0) is 24.0 Å². The van der Waals surface area contributed by atoms with E-state index in [0.717, 1.165) is 24.1 Å². The van der Waals surface area contributed by atoms with E-state index in [9.17, 15) is 9.59 Å². The van der Waals surface area contributed by atoms with Gasteiger partial charge in [0.25, 0.3) is 5.91 Å². The molecule has 2 aliphatic rings. The Hall–Kier alpha value is -3.08. The summed E-state index contributed by atoms with van der Waals surface area (Å²) in [6.07, 6.45) is 1.83. The molecule has 5 nitrogen and oxygen atoms in total. The first-order valence-electron chi connectivity index (χ1n) is 8.91. The summed E-state index contributed by atoms with van der Waals surface area (Å²) in [7, 11) is 0. The van der Waals surface area contributed by atoms with Gasteiger partial charge in [-0.25, -0.2) is 4.79 Å². The normalized spacial score (nSPS) is 19.2. The Kier molecular flexibility index (Phi) is 4.44. The average molecular weight is 347 g/mol. The largest absolute Gasteiger partial charge is 0.333 e. The van der Waals surface area contributed by atoms with Gasteiger partial charge in [0.05, 0.1) is 23.9 Å². The van der Waals surface area contributed by atoms with E-state index >= 15 is 0 Å². The second kappa shape index (κ2) is 7.04. The fraction of sp³-hybridized carbons (Fsp3) is 0.238. The van der Waals surface area contributed by atoms with Crippen LogP contribution in [0.1, 0.15) is 23.6 Å². The molecule has 2 heterocycles. The molecule has 2 aromatic carbocycles. The van der Waals surface area contributed by atoms with Gasteiger partial charge in [0.1, 0.15) is 0 Å². The zero-order valence-corrected chi connectivity index (χ0v) is 14.4. The predicted octanol–water partition coefficient (Wildman–Crippen LogP) is 2.77. The second-order valence-electron chi connectivity index (χ2n) is 6.65. The Morgan fingerprint density at radius 3 is 2.38 bits per heavy atom. The number of nitrogens with zero attached hydrogens (tertiary/aromatic N) is 1. The van der Waals surface area contributed by atoms with Crippen molar-refractivity contribution in [1.29, 1.82) is 0 Å². The molecule has 2 aromatic rings. The molecule has 26 heavy (non-hydrogen) atoms. The summed E-state index contributed by atoms with van der Waals surface area (Å²) in [6.45, 7) is 1.15. The fourth-order valence-corrected chi connectivity index (χ4v) is 3.62. The number of hydrogen-bond acceptors (Lipinski definition) is 2. The number of nitrogens with one attached hydrogen (secondary N) is 2. The molecule has 0 radical (unpaired) electrons. The van der Waals surface area contributed by atoms with Crippen LogP contribution in [0.15, 0.2) is 71.9 Å². The molecule has 2 N–H and O–H groups in total. The molecule has 132 valence electrons. The van der Waals surface area contributed by atoms with Crippen molar-refractivity contribution in [2.45, 2.75) is 18.9 Å². The van der Waals surface area contributed by atoms with Gasteiger partial charge in [0.2, 0.25) is 0 Å². The zero-order chi connectivity index (χ0) is 17.9. The Labute approximate surface area is 152 Å². The molecule has 0 saturated carbocycles. The molecule has 0 aromatic heterocycles. The van der Waals surface area contributed by atoms with Gasteiger partial charge >= 0.3 is 6.03 Å². The summed E-state index contributed by atoms with van der Waals surface area (Å²) in [6, 6.07) is 19.3. The number of amides is 3. The molecule has 5 heteroatoms. The summed E-state index contributed by atoms with van der Waals surface area (Å²) in [5.74, 6) is 0.00872. The summed E-state index contributed by atoms with van der Waals surface area (Å²) in [5, 5.41) is 5.70. The van der Waals surface area contributed by atoms with E-state index < -0.39 is 0 Å². The standard InChI is InChI=1S/C21H21N3O2/c25-20-18-17(14-24(20)13-7-10-15-8-3-1-4-9-15)22-21(26)23-19(18)16-11-5-2-6-12-16/h1-6,8-9,11-12,19H,7,10,13-14H2,(H2,22,23,26)/t19-/m1/s1. The summed E-state index contributed by atoms with van der Waals surface area (Å²) >= 11 is 0. The van der Waals surface area contributed by atoms with Gasteiger partial charge in [-0.15, -0.1) is 0 Å². The number of carbonyl (C=O) groups excluding carboxylic acids is 2. The lowest BCUT2D eigenvalue weighted by Crippen LogP contribution is -2.44. The maximum absolute atomic E-state index is 12.9. The molecule has 0 saturated heterocycles. The molecule has 1 atom stereocenters. The summed E-state index contributed by atoms with van der Waals surface area (Å²) < 4.78 is 0. The van der Waals surface area contributed by atoms with E-state index in [1.165, 1.54) is 5.56 Å². The molecule has 2 aliphatic heterocycles. The van der Waals surface area contributed by atoms with Gasteiger partial charge in [-0.1, -0.05) is 60.7 Å². The van der Waals surface area contributed by atoms with Crippen LogP contribution in [0.25, 0.3) is 0 Å². The molecule has 0 aliphatic carbocycles. The SMILES string of the molecule is O=C1NC2=C(C(=O)N(CCCc3ccccc3)C2)[C@@H](c2ccccc2)N1. The fourth-order valence-electron chi connectivity index (χ4n) is 3.62. The topological polar surface area (TPSA) is 61.4 Å². The molecule has 4 rings (SSSR count). The number of hydrogen-bond donors (Lipinski definition) is 2. The van der Waals surface area contributed by atoms with Gasteiger partial charge in [0.15, 0.2) is 0 Å². The van der Waals surface area contributed by atoms with Crippen LogP contribution in [-0.4, -0.2) is 29.9 Å². The maximum atomic E-state index is 12.9. The van der Waals surface area contributed by atoms with Crippen molar-refractivity contribution < 1.29 is 9.59 Å².